The van der Waals surface area contributed by atoms with E-state index >= 15 is 0 Å². The molecule has 0 unspecified atom stereocenters. The molecule has 16 heavy (non-hydrogen) atoms. The Morgan fingerprint density at radius 2 is 2.38 bits per heavy atom. The zero-order valence-corrected chi connectivity index (χ0v) is 10.00. The molecule has 84 valence electrons. The highest BCUT2D eigenvalue weighted by Crippen LogP contribution is 2.49. The van der Waals surface area contributed by atoms with E-state index in [-0.39, 0.29) is 0 Å². The van der Waals surface area contributed by atoms with Crippen LogP contribution >= 0.6 is 11.8 Å². The molecule has 0 bridgehead atoms. The molecule has 1 aliphatic carbocycles. The van der Waals surface area contributed by atoms with E-state index in [2.05, 4.69) is 20.8 Å². The molecule has 2 aromatic rings. The number of thioether (sulfide) groups is 1. The molecule has 1 aliphatic rings. The molecule has 4 nitrogen and oxygen atoms in total. The van der Waals surface area contributed by atoms with Crippen LogP contribution in [0.15, 0.2) is 18.5 Å². The first-order valence-electron chi connectivity index (χ1n) is 5.35. The van der Waals surface area contributed by atoms with Gasteiger partial charge in [-0.2, -0.15) is 11.8 Å². The number of nitrogen functional groups attached to an aromatic ring is 1. The minimum atomic E-state index is 0.394. The third kappa shape index (κ3) is 1.46. The number of pyridine rings is 1. The van der Waals surface area contributed by atoms with Crippen LogP contribution in [0.1, 0.15) is 12.8 Å². The molecule has 0 amide bonds. The van der Waals surface area contributed by atoms with Gasteiger partial charge in [0.2, 0.25) is 5.95 Å². The Hall–Kier alpha value is -1.23. The Morgan fingerprint density at radius 3 is 3.06 bits per heavy atom. The lowest BCUT2D eigenvalue weighted by Crippen LogP contribution is -2.15. The van der Waals surface area contributed by atoms with Crippen LogP contribution in [0.25, 0.3) is 11.0 Å². The molecule has 0 radical (unpaired) electrons. The van der Waals surface area contributed by atoms with E-state index < -0.39 is 0 Å². The average Bonchev–Trinajstić information content (AvgIpc) is 3.01. The van der Waals surface area contributed by atoms with Gasteiger partial charge in [-0.3, -0.25) is 4.98 Å². The van der Waals surface area contributed by atoms with E-state index in [1.807, 2.05) is 17.8 Å². The number of nitrogens with zero attached hydrogens (tertiary/aromatic N) is 3. The zero-order chi connectivity index (χ0) is 11.2. The van der Waals surface area contributed by atoms with Gasteiger partial charge in [0.15, 0.2) is 0 Å². The number of aromatic nitrogens is 3. The van der Waals surface area contributed by atoms with Crippen molar-refractivity contribution in [2.24, 2.45) is 0 Å². The molecule has 0 aliphatic heterocycles. The summed E-state index contributed by atoms with van der Waals surface area (Å²) in [5, 5.41) is 0. The number of rotatable bonds is 3. The van der Waals surface area contributed by atoms with E-state index in [1.54, 1.807) is 12.4 Å². The predicted molar refractivity (Wildman–Crippen MR) is 67.4 cm³/mol. The van der Waals surface area contributed by atoms with Gasteiger partial charge in [0.1, 0.15) is 5.52 Å². The predicted octanol–water partition coefficient (Wildman–Crippen LogP) is 1.91. The maximum atomic E-state index is 5.96. The molecule has 0 aromatic carbocycles. The molecule has 2 N–H and O–H groups in total. The summed E-state index contributed by atoms with van der Waals surface area (Å²) in [6.07, 6.45) is 8.28. The van der Waals surface area contributed by atoms with Gasteiger partial charge in [-0.1, -0.05) is 0 Å². The molecule has 1 fully saturated rings. The Bertz CT molecular complexity index is 530. The normalized spacial score (nSPS) is 17.8. The van der Waals surface area contributed by atoms with Crippen molar-refractivity contribution in [1.82, 2.24) is 14.5 Å². The third-order valence-corrected chi connectivity index (χ3v) is 4.67. The van der Waals surface area contributed by atoms with Crippen LogP contribution < -0.4 is 5.73 Å². The minimum Gasteiger partial charge on any atom is -0.369 e. The molecule has 1 saturated carbocycles. The van der Waals surface area contributed by atoms with Crippen LogP contribution in [-0.4, -0.2) is 25.5 Å². The van der Waals surface area contributed by atoms with E-state index in [4.69, 9.17) is 5.73 Å². The van der Waals surface area contributed by atoms with Crippen molar-refractivity contribution in [3.8, 4) is 0 Å². The lowest BCUT2D eigenvalue weighted by atomic mass is 10.3. The van der Waals surface area contributed by atoms with E-state index in [0.29, 0.717) is 10.7 Å². The number of hydrogen-bond donors (Lipinski definition) is 1. The SMILES string of the molecule is CSC1(Cn2c(N)nc3cnccc32)CC1. The first kappa shape index (κ1) is 9.96. The van der Waals surface area contributed by atoms with E-state index in [9.17, 15) is 0 Å². The van der Waals surface area contributed by atoms with Crippen molar-refractivity contribution in [1.29, 1.82) is 0 Å². The van der Waals surface area contributed by atoms with E-state index in [0.717, 1.165) is 17.6 Å². The molecule has 2 aromatic heterocycles. The Labute approximate surface area is 98.3 Å². The average molecular weight is 234 g/mol. The molecule has 0 saturated heterocycles. The van der Waals surface area contributed by atoms with Gasteiger partial charge in [0.25, 0.3) is 0 Å². The first-order chi connectivity index (χ1) is 7.74. The molecule has 5 heteroatoms. The highest BCUT2D eigenvalue weighted by Gasteiger charge is 2.42. The molecule has 0 atom stereocenters. The summed E-state index contributed by atoms with van der Waals surface area (Å²) in [4.78, 5) is 8.39. The first-order valence-corrected chi connectivity index (χ1v) is 6.57. The van der Waals surface area contributed by atoms with Gasteiger partial charge in [0.05, 0.1) is 11.7 Å². The topological polar surface area (TPSA) is 56.7 Å². The maximum Gasteiger partial charge on any atom is 0.201 e. The van der Waals surface area contributed by atoms with Crippen LogP contribution in [0.4, 0.5) is 5.95 Å². The van der Waals surface area contributed by atoms with Gasteiger partial charge < -0.3 is 10.3 Å². The smallest absolute Gasteiger partial charge is 0.201 e. The van der Waals surface area contributed by atoms with Crippen LogP contribution in [0, 0.1) is 0 Å². The summed E-state index contributed by atoms with van der Waals surface area (Å²) in [7, 11) is 0. The summed E-state index contributed by atoms with van der Waals surface area (Å²) < 4.78 is 2.51. The number of fused-ring (bicyclic) bond motifs is 1. The van der Waals surface area contributed by atoms with Gasteiger partial charge >= 0.3 is 0 Å². The van der Waals surface area contributed by atoms with Crippen molar-refractivity contribution in [3.05, 3.63) is 18.5 Å². The monoisotopic (exact) mass is 234 g/mol. The lowest BCUT2D eigenvalue weighted by molar-refractivity contribution is 0.687. The second kappa shape index (κ2) is 3.38. The summed E-state index contributed by atoms with van der Waals surface area (Å²) in [6, 6.07) is 1.98. The van der Waals surface area contributed by atoms with E-state index in [1.165, 1.54) is 12.8 Å². The van der Waals surface area contributed by atoms with Crippen molar-refractivity contribution < 1.29 is 0 Å². The van der Waals surface area contributed by atoms with Gasteiger partial charge in [-0.05, 0) is 25.2 Å². The quantitative estimate of drug-likeness (QED) is 0.881. The minimum absolute atomic E-state index is 0.394. The highest BCUT2D eigenvalue weighted by atomic mass is 32.2. The van der Waals surface area contributed by atoms with Crippen molar-refractivity contribution in [2.75, 3.05) is 12.0 Å². The number of anilines is 1. The summed E-state index contributed by atoms with van der Waals surface area (Å²) in [6.45, 7) is 0.959. The third-order valence-electron chi connectivity index (χ3n) is 3.27. The lowest BCUT2D eigenvalue weighted by Gasteiger charge is -2.14. The largest absolute Gasteiger partial charge is 0.369 e. The second-order valence-corrected chi connectivity index (χ2v) is 5.58. The molecule has 2 heterocycles. The van der Waals surface area contributed by atoms with Gasteiger partial charge in [0, 0.05) is 17.5 Å². The Kier molecular flexibility index (Phi) is 2.10. The fourth-order valence-corrected chi connectivity index (χ4v) is 2.79. The molecule has 0 spiro atoms. The molecular weight excluding hydrogens is 220 g/mol. The fraction of sp³-hybridized carbons (Fsp3) is 0.455. The highest BCUT2D eigenvalue weighted by molar-refractivity contribution is 8.00. The summed E-state index contributed by atoms with van der Waals surface area (Å²) in [5.74, 6) is 0.600. The number of hydrogen-bond acceptors (Lipinski definition) is 4. The van der Waals surface area contributed by atoms with Gasteiger partial charge in [-0.15, -0.1) is 0 Å². The molecular formula is C11H14N4S. The van der Waals surface area contributed by atoms with Crippen molar-refractivity contribution in [2.45, 2.75) is 24.1 Å². The van der Waals surface area contributed by atoms with Gasteiger partial charge in [-0.25, -0.2) is 4.98 Å². The number of nitrogens with two attached hydrogens (primary N) is 1. The summed E-state index contributed by atoms with van der Waals surface area (Å²) >= 11 is 1.93. The second-order valence-electron chi connectivity index (χ2n) is 4.31. The summed E-state index contributed by atoms with van der Waals surface area (Å²) in [5.41, 5.74) is 7.93. The Balaban J connectivity index is 2.05. The van der Waals surface area contributed by atoms with Crippen LogP contribution in [0.5, 0.6) is 0 Å². The Morgan fingerprint density at radius 1 is 1.56 bits per heavy atom. The van der Waals surface area contributed by atoms with Crippen LogP contribution in [0.3, 0.4) is 0 Å². The maximum absolute atomic E-state index is 5.96. The van der Waals surface area contributed by atoms with Crippen molar-refractivity contribution in [3.63, 3.8) is 0 Å². The van der Waals surface area contributed by atoms with Crippen molar-refractivity contribution >= 4 is 28.7 Å². The van der Waals surface area contributed by atoms with Crippen LogP contribution in [0.2, 0.25) is 0 Å². The van der Waals surface area contributed by atoms with Crippen LogP contribution in [-0.2, 0) is 6.54 Å². The standard InChI is InChI=1S/C11H14N4S/c1-16-11(3-4-11)7-15-9-2-5-13-6-8(9)14-10(15)12/h2,5-6H,3-4,7H2,1H3,(H2,12,14). The zero-order valence-electron chi connectivity index (χ0n) is 9.18. The number of imidazole rings is 1. The molecule has 3 rings (SSSR count). The fourth-order valence-electron chi connectivity index (χ4n) is 2.02.